The van der Waals surface area contributed by atoms with E-state index in [1.54, 1.807) is 12.1 Å². The van der Waals surface area contributed by atoms with Gasteiger partial charge in [0.15, 0.2) is 11.5 Å². The maximum absolute atomic E-state index is 12.2. The molecular weight excluding hydrogens is 464 g/mol. The van der Waals surface area contributed by atoms with Gasteiger partial charge in [-0.15, -0.1) is 0 Å². The van der Waals surface area contributed by atoms with Crippen molar-refractivity contribution >= 4 is 24.1 Å². The molecule has 0 bridgehead atoms. The minimum atomic E-state index is -0.924. The number of unbranched alkanes of at least 4 members (excludes halogenated alkanes) is 1. The van der Waals surface area contributed by atoms with Gasteiger partial charge in [-0.05, 0) is 54.9 Å². The molecule has 12 nitrogen and oxygen atoms in total. The van der Waals surface area contributed by atoms with Crippen molar-refractivity contribution in [3.63, 3.8) is 0 Å². The number of hydrogen-bond acceptors (Lipinski definition) is 10. The van der Waals surface area contributed by atoms with Crippen LogP contribution in [0.3, 0.4) is 0 Å². The Morgan fingerprint density at radius 1 is 1.11 bits per heavy atom. The topological polar surface area (TPSA) is 164 Å². The summed E-state index contributed by atoms with van der Waals surface area (Å²) in [6.45, 7) is 4.33. The maximum Gasteiger partial charge on any atom is 0.412 e. The number of aliphatic carboxylic acids is 1. The summed E-state index contributed by atoms with van der Waals surface area (Å²) in [6.07, 6.45) is 3.55. The van der Waals surface area contributed by atoms with Crippen molar-refractivity contribution in [2.24, 2.45) is 11.8 Å². The van der Waals surface area contributed by atoms with Crippen LogP contribution in [-0.2, 0) is 19.2 Å². The zero-order valence-electron chi connectivity index (χ0n) is 20.1. The monoisotopic (exact) mass is 498 g/mol. The van der Waals surface area contributed by atoms with Crippen LogP contribution in [0, 0.1) is 11.8 Å². The van der Waals surface area contributed by atoms with Gasteiger partial charge >= 0.3 is 18.0 Å². The van der Waals surface area contributed by atoms with E-state index in [4.69, 9.17) is 29.7 Å². The van der Waals surface area contributed by atoms with Crippen LogP contribution in [0.25, 0.3) is 6.08 Å². The summed E-state index contributed by atoms with van der Waals surface area (Å²) in [5, 5.41) is 28.0. The van der Waals surface area contributed by atoms with E-state index in [0.29, 0.717) is 24.8 Å². The van der Waals surface area contributed by atoms with E-state index < -0.39 is 18.0 Å². The number of nitrogens with zero attached hydrogens (tertiary/aromatic N) is 1. The molecule has 0 radical (unpaired) electrons. The van der Waals surface area contributed by atoms with E-state index in [0.717, 1.165) is 0 Å². The van der Waals surface area contributed by atoms with Crippen LogP contribution in [-0.4, -0.2) is 65.8 Å². The number of ether oxygens (including phenoxy) is 3. The molecule has 4 N–H and O–H groups in total. The number of carbonyl (C=O) groups is 3. The van der Waals surface area contributed by atoms with Crippen molar-refractivity contribution in [1.29, 1.82) is 0 Å². The van der Waals surface area contributed by atoms with Crippen LogP contribution < -0.4 is 14.8 Å². The molecule has 0 saturated heterocycles. The van der Waals surface area contributed by atoms with Crippen LogP contribution in [0.4, 0.5) is 4.79 Å². The quantitative estimate of drug-likeness (QED) is 0.114. The second-order valence-corrected chi connectivity index (χ2v) is 8.07. The van der Waals surface area contributed by atoms with E-state index in [-0.39, 0.29) is 54.9 Å². The van der Waals surface area contributed by atoms with Crippen LogP contribution in [0.2, 0.25) is 0 Å². The molecule has 0 fully saturated rings. The summed E-state index contributed by atoms with van der Waals surface area (Å²) >= 11 is 0. The smallest absolute Gasteiger partial charge is 0.412 e. The fraction of sp³-hybridized carbons (Fsp3) is 0.522. The molecule has 0 aliphatic carbocycles. The Morgan fingerprint density at radius 2 is 1.83 bits per heavy atom. The number of amides is 1. The molecule has 1 rings (SSSR count). The summed E-state index contributed by atoms with van der Waals surface area (Å²) in [5.41, 5.74) is 0.601. The van der Waals surface area contributed by atoms with Crippen molar-refractivity contribution < 1.29 is 49.0 Å². The Balaban J connectivity index is 2.56. The Bertz CT molecular complexity index is 842. The lowest BCUT2D eigenvalue weighted by Crippen LogP contribution is -2.33. The fourth-order valence-corrected chi connectivity index (χ4v) is 3.12. The Morgan fingerprint density at radius 3 is 2.46 bits per heavy atom. The van der Waals surface area contributed by atoms with Crippen molar-refractivity contribution in [3.05, 3.63) is 29.8 Å². The molecule has 0 saturated carbocycles. The number of hydrogen-bond donors (Lipinski definition) is 4. The van der Waals surface area contributed by atoms with Gasteiger partial charge in [-0.1, -0.05) is 19.9 Å². The minimum Gasteiger partial charge on any atom is -0.493 e. The number of carbonyl (C=O) groups excluding carboxylic acids is 2. The first-order chi connectivity index (χ1) is 16.6. The molecule has 35 heavy (non-hydrogen) atoms. The summed E-state index contributed by atoms with van der Waals surface area (Å²) in [4.78, 5) is 39.4. The van der Waals surface area contributed by atoms with Gasteiger partial charge < -0.3 is 24.6 Å². The lowest BCUT2D eigenvalue weighted by atomic mass is 9.94. The first-order valence-electron chi connectivity index (χ1n) is 11.1. The van der Waals surface area contributed by atoms with Crippen LogP contribution in [0.5, 0.6) is 11.5 Å². The molecule has 1 aromatic rings. The second-order valence-electron chi connectivity index (χ2n) is 8.07. The number of carboxylic acids is 1. The minimum absolute atomic E-state index is 0.0498. The predicted octanol–water partition coefficient (Wildman–Crippen LogP) is 3.27. The molecule has 1 atom stereocenters. The summed E-state index contributed by atoms with van der Waals surface area (Å²) in [7, 11) is 1.41. The van der Waals surface area contributed by atoms with Crippen LogP contribution in [0.15, 0.2) is 24.3 Å². The fourth-order valence-electron chi connectivity index (χ4n) is 3.12. The summed E-state index contributed by atoms with van der Waals surface area (Å²) < 4.78 is 15.6. The third kappa shape index (κ3) is 14.0. The van der Waals surface area contributed by atoms with Gasteiger partial charge in [-0.25, -0.2) is 9.59 Å². The zero-order chi connectivity index (χ0) is 26.2. The van der Waals surface area contributed by atoms with Gasteiger partial charge in [0.2, 0.25) is 0 Å². The lowest BCUT2D eigenvalue weighted by molar-refractivity contribution is -0.492. The van der Waals surface area contributed by atoms with Crippen molar-refractivity contribution in [2.45, 2.75) is 39.5 Å². The molecule has 1 aromatic carbocycles. The van der Waals surface area contributed by atoms with Crippen molar-refractivity contribution in [2.75, 3.05) is 26.9 Å². The first kappa shape index (κ1) is 29.8. The van der Waals surface area contributed by atoms with Crippen molar-refractivity contribution in [1.82, 2.24) is 10.7 Å². The van der Waals surface area contributed by atoms with Gasteiger partial charge in [-0.3, -0.25) is 20.0 Å². The second kappa shape index (κ2) is 16.4. The first-order valence-corrected chi connectivity index (χ1v) is 11.1. The molecule has 0 spiro atoms. The third-order valence-electron chi connectivity index (χ3n) is 4.60. The molecule has 0 heterocycles. The zero-order valence-corrected chi connectivity index (χ0v) is 20.1. The highest BCUT2D eigenvalue weighted by Gasteiger charge is 2.17. The summed E-state index contributed by atoms with van der Waals surface area (Å²) in [6, 6.07) is 4.71. The average molecular weight is 499 g/mol. The van der Waals surface area contributed by atoms with E-state index in [1.165, 1.54) is 25.3 Å². The molecule has 12 heteroatoms. The molecule has 0 aromatic heterocycles. The number of rotatable bonds is 16. The highest BCUT2D eigenvalue weighted by Crippen LogP contribution is 2.28. The number of nitrogens with one attached hydrogen (secondary N) is 1. The average Bonchev–Trinajstić information content (AvgIpc) is 2.78. The molecule has 0 aliphatic heterocycles. The molecule has 0 aliphatic rings. The van der Waals surface area contributed by atoms with Gasteiger partial charge in [0, 0.05) is 19.0 Å². The van der Waals surface area contributed by atoms with Crippen LogP contribution in [0.1, 0.15) is 45.1 Å². The van der Waals surface area contributed by atoms with Gasteiger partial charge in [0.25, 0.3) is 0 Å². The largest absolute Gasteiger partial charge is 0.493 e. The van der Waals surface area contributed by atoms with Gasteiger partial charge in [0.05, 0.1) is 25.7 Å². The van der Waals surface area contributed by atoms with E-state index in [9.17, 15) is 14.4 Å². The third-order valence-corrected chi connectivity index (χ3v) is 4.60. The van der Waals surface area contributed by atoms with E-state index in [1.807, 2.05) is 13.8 Å². The van der Waals surface area contributed by atoms with Gasteiger partial charge in [-0.2, -0.15) is 0 Å². The highest BCUT2D eigenvalue weighted by atomic mass is 17.1. The Hall–Kier alpha value is -3.19. The lowest BCUT2D eigenvalue weighted by Gasteiger charge is -2.18. The van der Waals surface area contributed by atoms with Crippen LogP contribution >= 0.6 is 0 Å². The van der Waals surface area contributed by atoms with Crippen molar-refractivity contribution in [3.8, 4) is 11.5 Å². The number of esters is 1. The van der Waals surface area contributed by atoms with E-state index >= 15 is 0 Å². The number of benzene rings is 1. The number of methoxy groups -OCH3 is 1. The molecule has 1 amide bonds. The number of carboxylic acid groups (broad SMARTS) is 1. The standard InChI is InChI=1S/C23H34N2O10/c1-16(2)12-18(14-21(26)27)15-24-23(29)35-19-8-6-17(13-20(19)32-3)7-9-22(28)33-10-4-5-11-34-25(30)31/h6-9,13,16,18,30-31H,4-5,10-12,14-15H2,1-3H3,(H,24,29)(H,26,27)/b9-7+. The molecule has 196 valence electrons. The summed E-state index contributed by atoms with van der Waals surface area (Å²) in [5.74, 6) is -0.986. The van der Waals surface area contributed by atoms with Gasteiger partial charge in [0.1, 0.15) is 0 Å². The SMILES string of the molecule is COc1cc(/C=C/C(=O)OCCCCON(O)O)ccc1OC(=O)NCC(CC(=O)O)CC(C)C. The Kier molecular flexibility index (Phi) is 14.0. The van der Waals surface area contributed by atoms with E-state index in [2.05, 4.69) is 10.2 Å². The normalized spacial score (nSPS) is 12.1. The molecular formula is C23H34N2O10. The maximum atomic E-state index is 12.2. The highest BCUT2D eigenvalue weighted by molar-refractivity contribution is 5.87. The predicted molar refractivity (Wildman–Crippen MR) is 123 cm³/mol. The molecule has 1 unspecified atom stereocenters. The Labute approximate surface area is 203 Å².